The van der Waals surface area contributed by atoms with Crippen molar-refractivity contribution in [3.8, 4) is 0 Å². The third kappa shape index (κ3) is 3.03. The fraction of sp³-hybridized carbons (Fsp3) is 0.364. The molecule has 9 heteroatoms. The smallest absolute Gasteiger partial charge is 0.366 e. The largest absolute Gasteiger partial charge is 0.435 e. The fourth-order valence-electron chi connectivity index (χ4n) is 1.32. The van der Waals surface area contributed by atoms with Gasteiger partial charge in [0.25, 0.3) is 5.91 Å². The number of carbonyl (C=O) groups is 1. The molecule has 0 atom stereocenters. The van der Waals surface area contributed by atoms with E-state index >= 15 is 0 Å². The third-order valence-electron chi connectivity index (χ3n) is 2.44. The normalized spacial score (nSPS) is 13.2. The number of hydrogen-bond acceptors (Lipinski definition) is 2. The van der Waals surface area contributed by atoms with E-state index in [-0.39, 0.29) is 5.56 Å². The minimum atomic E-state index is -6.17. The first kappa shape index (κ1) is 16.3. The minimum Gasteiger partial charge on any atom is -0.366 e. The van der Waals surface area contributed by atoms with Crippen LogP contribution in [-0.4, -0.2) is 29.0 Å². The first-order chi connectivity index (χ1) is 9.00. The van der Waals surface area contributed by atoms with Gasteiger partial charge in [-0.3, -0.25) is 4.79 Å². The predicted molar refractivity (Wildman–Crippen MR) is 55.3 cm³/mol. The lowest BCUT2D eigenvalue weighted by Gasteiger charge is -2.30. The van der Waals surface area contributed by atoms with Crippen molar-refractivity contribution in [3.05, 3.63) is 35.9 Å². The van der Waals surface area contributed by atoms with Crippen LogP contribution in [0, 0.1) is 0 Å². The number of nitrogens with one attached hydrogen (secondary N) is 1. The van der Waals surface area contributed by atoms with Crippen molar-refractivity contribution in [1.29, 1.82) is 0 Å². The van der Waals surface area contributed by atoms with Crippen LogP contribution in [0.1, 0.15) is 5.56 Å². The van der Waals surface area contributed by atoms with Crippen molar-refractivity contribution in [2.45, 2.75) is 24.5 Å². The van der Waals surface area contributed by atoms with Crippen LogP contribution in [0.5, 0.6) is 0 Å². The Bertz CT molecular complexity index is 454. The lowest BCUT2D eigenvalue weighted by Crippen LogP contribution is -2.65. The fourth-order valence-corrected chi connectivity index (χ4v) is 1.32. The van der Waals surface area contributed by atoms with Gasteiger partial charge in [0.05, 0.1) is 0 Å². The van der Waals surface area contributed by atoms with Crippen LogP contribution in [0.4, 0.5) is 26.3 Å². The molecule has 0 saturated carbocycles. The SMILES string of the molecule is O=C(NCc1ccccc1)C(O)(C(F)(F)F)C(F)(F)F. The van der Waals surface area contributed by atoms with Gasteiger partial charge >= 0.3 is 18.0 Å². The molecule has 0 aliphatic carbocycles. The maximum absolute atomic E-state index is 12.3. The Balaban J connectivity index is 2.92. The summed E-state index contributed by atoms with van der Waals surface area (Å²) in [5.74, 6) is -2.57. The highest BCUT2D eigenvalue weighted by Crippen LogP contribution is 2.43. The Morgan fingerprint density at radius 2 is 1.45 bits per heavy atom. The van der Waals surface area contributed by atoms with Gasteiger partial charge in [-0.15, -0.1) is 0 Å². The zero-order chi connectivity index (χ0) is 15.6. The monoisotopic (exact) mass is 301 g/mol. The number of hydrogen-bond donors (Lipinski definition) is 2. The lowest BCUT2D eigenvalue weighted by atomic mass is 10.0. The molecule has 0 saturated heterocycles. The topological polar surface area (TPSA) is 49.3 Å². The van der Waals surface area contributed by atoms with E-state index in [1.165, 1.54) is 29.6 Å². The van der Waals surface area contributed by atoms with Crippen LogP contribution in [0.3, 0.4) is 0 Å². The molecule has 1 rings (SSSR count). The van der Waals surface area contributed by atoms with Crippen molar-refractivity contribution in [2.75, 3.05) is 0 Å². The first-order valence-corrected chi connectivity index (χ1v) is 5.18. The quantitative estimate of drug-likeness (QED) is 0.841. The minimum absolute atomic E-state index is 0.285. The second kappa shape index (κ2) is 5.31. The van der Waals surface area contributed by atoms with Crippen molar-refractivity contribution in [2.24, 2.45) is 0 Å². The molecule has 0 aliphatic rings. The molecule has 3 nitrogen and oxygen atoms in total. The van der Waals surface area contributed by atoms with E-state index in [2.05, 4.69) is 0 Å². The van der Waals surface area contributed by atoms with Crippen LogP contribution in [0.2, 0.25) is 0 Å². The molecule has 0 unspecified atom stereocenters. The summed E-state index contributed by atoms with van der Waals surface area (Å²) in [5.41, 5.74) is -5.15. The molecular weight excluding hydrogens is 292 g/mol. The molecule has 0 aromatic heterocycles. The standard InChI is InChI=1S/C11H9F6NO2/c12-10(13,14)9(20,11(15,16)17)8(19)18-6-7-4-2-1-3-5-7/h1-5,20H,6H2,(H,18,19). The van der Waals surface area contributed by atoms with Crippen molar-refractivity contribution >= 4 is 5.91 Å². The number of alkyl halides is 6. The summed E-state index contributed by atoms with van der Waals surface area (Å²) in [6.07, 6.45) is -12.3. The predicted octanol–water partition coefficient (Wildman–Crippen LogP) is 2.16. The highest BCUT2D eigenvalue weighted by Gasteiger charge is 2.75. The van der Waals surface area contributed by atoms with E-state index in [0.717, 1.165) is 0 Å². The van der Waals surface area contributed by atoms with Gasteiger partial charge in [-0.2, -0.15) is 26.3 Å². The molecule has 0 bridgehead atoms. The van der Waals surface area contributed by atoms with Crippen LogP contribution >= 0.6 is 0 Å². The van der Waals surface area contributed by atoms with Gasteiger partial charge in [-0.05, 0) is 5.56 Å². The number of aliphatic hydroxyl groups is 1. The van der Waals surface area contributed by atoms with E-state index in [1.54, 1.807) is 6.07 Å². The van der Waals surface area contributed by atoms with E-state index in [1.807, 2.05) is 0 Å². The first-order valence-electron chi connectivity index (χ1n) is 5.18. The van der Waals surface area contributed by atoms with Crippen LogP contribution in [0.15, 0.2) is 30.3 Å². The highest BCUT2D eigenvalue weighted by atomic mass is 19.4. The molecule has 0 spiro atoms. The van der Waals surface area contributed by atoms with Gasteiger partial charge in [0, 0.05) is 6.54 Å². The maximum atomic E-state index is 12.3. The van der Waals surface area contributed by atoms with Crippen molar-refractivity contribution in [1.82, 2.24) is 5.32 Å². The molecule has 2 N–H and O–H groups in total. The zero-order valence-electron chi connectivity index (χ0n) is 9.72. The average molecular weight is 301 g/mol. The Kier molecular flexibility index (Phi) is 4.33. The van der Waals surface area contributed by atoms with Crippen LogP contribution in [-0.2, 0) is 11.3 Å². The zero-order valence-corrected chi connectivity index (χ0v) is 9.72. The second-order valence-corrected chi connectivity index (χ2v) is 3.87. The summed E-state index contributed by atoms with van der Waals surface area (Å²) < 4.78 is 74.1. The Morgan fingerprint density at radius 3 is 1.85 bits per heavy atom. The van der Waals surface area contributed by atoms with E-state index in [9.17, 15) is 31.1 Å². The van der Waals surface area contributed by atoms with Crippen molar-refractivity contribution < 1.29 is 36.2 Å². The number of amides is 1. The molecule has 0 radical (unpaired) electrons. The molecule has 0 heterocycles. The summed E-state index contributed by atoms with van der Waals surface area (Å²) in [6, 6.07) is 7.33. The summed E-state index contributed by atoms with van der Waals surface area (Å²) in [7, 11) is 0. The summed E-state index contributed by atoms with van der Waals surface area (Å²) in [5, 5.41) is 10.2. The van der Waals surface area contributed by atoms with Gasteiger partial charge in [0.15, 0.2) is 0 Å². The molecular formula is C11H9F6NO2. The Morgan fingerprint density at radius 1 is 1.00 bits per heavy atom. The maximum Gasteiger partial charge on any atom is 0.435 e. The molecule has 112 valence electrons. The number of rotatable bonds is 3. The third-order valence-corrected chi connectivity index (χ3v) is 2.44. The van der Waals surface area contributed by atoms with Gasteiger partial charge < -0.3 is 10.4 Å². The second-order valence-electron chi connectivity index (χ2n) is 3.87. The summed E-state index contributed by atoms with van der Waals surface area (Å²) in [4.78, 5) is 11.1. The Hall–Kier alpha value is -1.77. The molecule has 0 aliphatic heterocycles. The molecule has 1 aromatic carbocycles. The van der Waals surface area contributed by atoms with Crippen molar-refractivity contribution in [3.63, 3.8) is 0 Å². The van der Waals surface area contributed by atoms with Crippen LogP contribution < -0.4 is 5.32 Å². The van der Waals surface area contributed by atoms with E-state index < -0.39 is 30.4 Å². The van der Waals surface area contributed by atoms with E-state index in [0.29, 0.717) is 0 Å². The molecule has 1 amide bonds. The van der Waals surface area contributed by atoms with E-state index in [4.69, 9.17) is 5.11 Å². The lowest BCUT2D eigenvalue weighted by molar-refractivity contribution is -0.350. The van der Waals surface area contributed by atoms with Gasteiger partial charge in [0.1, 0.15) is 0 Å². The van der Waals surface area contributed by atoms with Gasteiger partial charge in [-0.1, -0.05) is 30.3 Å². The average Bonchev–Trinajstić information content (AvgIpc) is 2.33. The molecule has 1 aromatic rings. The Labute approximate surface area is 109 Å². The molecule has 20 heavy (non-hydrogen) atoms. The van der Waals surface area contributed by atoms with Gasteiger partial charge in [0.2, 0.25) is 0 Å². The number of carbonyl (C=O) groups excluding carboxylic acids is 1. The summed E-state index contributed by atoms with van der Waals surface area (Å²) in [6.45, 7) is -0.575. The summed E-state index contributed by atoms with van der Waals surface area (Å²) >= 11 is 0. The van der Waals surface area contributed by atoms with Gasteiger partial charge in [-0.25, -0.2) is 0 Å². The molecule has 0 fully saturated rings. The number of halogens is 6. The highest BCUT2D eigenvalue weighted by molar-refractivity contribution is 5.86. The van der Waals surface area contributed by atoms with Crippen LogP contribution in [0.25, 0.3) is 0 Å². The number of benzene rings is 1.